The maximum absolute atomic E-state index is 5.96. The number of aromatic nitrogens is 2. The summed E-state index contributed by atoms with van der Waals surface area (Å²) in [6.07, 6.45) is 0.888. The van der Waals surface area contributed by atoms with Crippen LogP contribution in [0.1, 0.15) is 11.5 Å². The van der Waals surface area contributed by atoms with Crippen LogP contribution in [0.15, 0.2) is 52.9 Å². The molecule has 0 fully saturated rings. The van der Waals surface area contributed by atoms with Crippen molar-refractivity contribution in [3.8, 4) is 11.5 Å². The number of nitrogens with one attached hydrogen (secondary N) is 1. The molecule has 3 aromatic rings. The standard InChI is InChI=1S/C17H15Cl2N3O/c18-14-6-4-13(5-7-14)17-22-21-16(23-17)11-20-9-8-12-2-1-3-15(19)10-12/h1-7,10,20H,8-9,11H2. The van der Waals surface area contributed by atoms with Gasteiger partial charge < -0.3 is 9.73 Å². The highest BCUT2D eigenvalue weighted by atomic mass is 35.5. The Morgan fingerprint density at radius 3 is 2.57 bits per heavy atom. The maximum atomic E-state index is 5.96. The van der Waals surface area contributed by atoms with E-state index >= 15 is 0 Å². The van der Waals surface area contributed by atoms with Crippen LogP contribution in [0.2, 0.25) is 10.0 Å². The number of nitrogens with zero attached hydrogens (tertiary/aromatic N) is 2. The van der Waals surface area contributed by atoms with Gasteiger partial charge in [-0.3, -0.25) is 0 Å². The lowest BCUT2D eigenvalue weighted by Gasteiger charge is -2.03. The van der Waals surface area contributed by atoms with Gasteiger partial charge >= 0.3 is 0 Å². The Labute approximate surface area is 144 Å². The summed E-state index contributed by atoms with van der Waals surface area (Å²) in [4.78, 5) is 0. The molecule has 0 amide bonds. The highest BCUT2D eigenvalue weighted by Gasteiger charge is 2.08. The van der Waals surface area contributed by atoms with Gasteiger partial charge in [0.2, 0.25) is 11.8 Å². The minimum Gasteiger partial charge on any atom is -0.419 e. The van der Waals surface area contributed by atoms with Gasteiger partial charge in [0.25, 0.3) is 0 Å². The molecule has 0 radical (unpaired) electrons. The van der Waals surface area contributed by atoms with Crippen LogP contribution in [0, 0.1) is 0 Å². The molecule has 0 unspecified atom stereocenters. The third-order valence-electron chi connectivity index (χ3n) is 3.31. The Bertz CT molecular complexity index is 772. The van der Waals surface area contributed by atoms with Gasteiger partial charge in [-0.2, -0.15) is 0 Å². The Kier molecular flexibility index (Phi) is 5.28. The zero-order chi connectivity index (χ0) is 16.1. The molecule has 0 atom stereocenters. The first kappa shape index (κ1) is 16.0. The molecule has 0 aliphatic heterocycles. The maximum Gasteiger partial charge on any atom is 0.247 e. The minimum atomic E-state index is 0.494. The molecule has 4 nitrogen and oxygen atoms in total. The molecule has 0 saturated heterocycles. The van der Waals surface area contributed by atoms with Gasteiger partial charge in [-0.25, -0.2) is 0 Å². The lowest BCUT2D eigenvalue weighted by molar-refractivity contribution is 0.478. The SMILES string of the molecule is Clc1ccc(-c2nnc(CNCCc3cccc(Cl)c3)o2)cc1. The van der Waals surface area contributed by atoms with Gasteiger partial charge in [0.05, 0.1) is 6.54 Å². The lowest BCUT2D eigenvalue weighted by atomic mass is 10.1. The third-order valence-corrected chi connectivity index (χ3v) is 3.80. The molecule has 1 aromatic heterocycles. The Balaban J connectivity index is 1.50. The van der Waals surface area contributed by atoms with E-state index in [-0.39, 0.29) is 0 Å². The van der Waals surface area contributed by atoms with Crippen LogP contribution in [0.25, 0.3) is 11.5 Å². The summed E-state index contributed by atoms with van der Waals surface area (Å²) in [7, 11) is 0. The summed E-state index contributed by atoms with van der Waals surface area (Å²) in [5.41, 5.74) is 2.05. The van der Waals surface area contributed by atoms with Crippen LogP contribution < -0.4 is 5.32 Å². The normalized spacial score (nSPS) is 10.9. The molecule has 0 bridgehead atoms. The van der Waals surface area contributed by atoms with Crippen LogP contribution in [-0.4, -0.2) is 16.7 Å². The van der Waals surface area contributed by atoms with E-state index < -0.39 is 0 Å². The highest BCUT2D eigenvalue weighted by molar-refractivity contribution is 6.30. The van der Waals surface area contributed by atoms with E-state index in [2.05, 4.69) is 21.6 Å². The molecular weight excluding hydrogens is 333 g/mol. The second-order valence-corrected chi connectivity index (χ2v) is 5.94. The summed E-state index contributed by atoms with van der Waals surface area (Å²) in [5, 5.41) is 12.8. The second-order valence-electron chi connectivity index (χ2n) is 5.06. The summed E-state index contributed by atoms with van der Waals surface area (Å²) in [6, 6.07) is 15.1. The van der Waals surface area contributed by atoms with E-state index in [1.54, 1.807) is 12.1 Å². The zero-order valence-electron chi connectivity index (χ0n) is 12.3. The van der Waals surface area contributed by atoms with Gasteiger partial charge in [0.15, 0.2) is 0 Å². The number of halogens is 2. The molecule has 0 spiro atoms. The van der Waals surface area contributed by atoms with Crippen LogP contribution in [-0.2, 0) is 13.0 Å². The largest absolute Gasteiger partial charge is 0.419 e. The van der Waals surface area contributed by atoms with Crippen LogP contribution >= 0.6 is 23.2 Å². The predicted molar refractivity (Wildman–Crippen MR) is 91.6 cm³/mol. The fraction of sp³-hybridized carbons (Fsp3) is 0.176. The summed E-state index contributed by atoms with van der Waals surface area (Å²) < 4.78 is 5.63. The molecular formula is C17H15Cl2N3O. The third kappa shape index (κ3) is 4.55. The summed E-state index contributed by atoms with van der Waals surface area (Å²) in [6.45, 7) is 1.33. The minimum absolute atomic E-state index is 0.494. The van der Waals surface area contributed by atoms with Crippen molar-refractivity contribution in [2.24, 2.45) is 0 Å². The van der Waals surface area contributed by atoms with E-state index in [1.807, 2.05) is 30.3 Å². The monoisotopic (exact) mass is 347 g/mol. The van der Waals surface area contributed by atoms with Gasteiger partial charge in [0.1, 0.15) is 0 Å². The van der Waals surface area contributed by atoms with Gasteiger partial charge in [-0.05, 0) is 54.9 Å². The molecule has 3 rings (SSSR count). The molecule has 23 heavy (non-hydrogen) atoms. The van der Waals surface area contributed by atoms with Crippen molar-refractivity contribution >= 4 is 23.2 Å². The molecule has 0 aliphatic rings. The smallest absolute Gasteiger partial charge is 0.247 e. The first-order valence-corrected chi connectivity index (χ1v) is 8.00. The van der Waals surface area contributed by atoms with E-state index in [0.717, 1.165) is 23.6 Å². The van der Waals surface area contributed by atoms with Crippen molar-refractivity contribution in [1.29, 1.82) is 0 Å². The lowest BCUT2D eigenvalue weighted by Crippen LogP contribution is -2.16. The molecule has 2 aromatic carbocycles. The van der Waals surface area contributed by atoms with Crippen molar-refractivity contribution in [3.63, 3.8) is 0 Å². The number of hydrogen-bond acceptors (Lipinski definition) is 4. The summed E-state index contributed by atoms with van der Waals surface area (Å²) >= 11 is 11.8. The predicted octanol–water partition coefficient (Wildman–Crippen LogP) is 4.38. The highest BCUT2D eigenvalue weighted by Crippen LogP contribution is 2.20. The first-order valence-electron chi connectivity index (χ1n) is 7.24. The first-order chi connectivity index (χ1) is 11.2. The van der Waals surface area contributed by atoms with Crippen LogP contribution in [0.3, 0.4) is 0 Å². The molecule has 1 heterocycles. The molecule has 118 valence electrons. The molecule has 6 heteroatoms. The fourth-order valence-electron chi connectivity index (χ4n) is 2.15. The van der Waals surface area contributed by atoms with Gasteiger partial charge in [0, 0.05) is 15.6 Å². The molecule has 0 saturated carbocycles. The molecule has 1 N–H and O–H groups in total. The fourth-order valence-corrected chi connectivity index (χ4v) is 2.49. The van der Waals surface area contributed by atoms with Crippen LogP contribution in [0.5, 0.6) is 0 Å². The molecule has 0 aliphatic carbocycles. The quantitative estimate of drug-likeness (QED) is 0.672. The van der Waals surface area contributed by atoms with Gasteiger partial charge in [-0.1, -0.05) is 35.3 Å². The second kappa shape index (κ2) is 7.59. The topological polar surface area (TPSA) is 51.0 Å². The summed E-state index contributed by atoms with van der Waals surface area (Å²) in [5.74, 6) is 1.05. The Morgan fingerprint density at radius 2 is 1.78 bits per heavy atom. The average Bonchev–Trinajstić information content (AvgIpc) is 3.01. The van der Waals surface area contributed by atoms with E-state index in [1.165, 1.54) is 5.56 Å². The van der Waals surface area contributed by atoms with E-state index in [9.17, 15) is 0 Å². The van der Waals surface area contributed by atoms with Crippen molar-refractivity contribution in [1.82, 2.24) is 15.5 Å². The van der Waals surface area contributed by atoms with Crippen molar-refractivity contribution < 1.29 is 4.42 Å². The van der Waals surface area contributed by atoms with Crippen molar-refractivity contribution in [3.05, 3.63) is 70.0 Å². The number of rotatable bonds is 6. The number of hydrogen-bond donors (Lipinski definition) is 1. The van der Waals surface area contributed by atoms with E-state index in [0.29, 0.717) is 23.3 Å². The average molecular weight is 348 g/mol. The Morgan fingerprint density at radius 1 is 0.957 bits per heavy atom. The zero-order valence-corrected chi connectivity index (χ0v) is 13.8. The van der Waals surface area contributed by atoms with Crippen molar-refractivity contribution in [2.45, 2.75) is 13.0 Å². The van der Waals surface area contributed by atoms with Gasteiger partial charge in [-0.15, -0.1) is 10.2 Å². The van der Waals surface area contributed by atoms with Crippen LogP contribution in [0.4, 0.5) is 0 Å². The number of benzene rings is 2. The Hall–Kier alpha value is -1.88. The van der Waals surface area contributed by atoms with E-state index in [4.69, 9.17) is 27.6 Å². The van der Waals surface area contributed by atoms with Crippen molar-refractivity contribution in [2.75, 3.05) is 6.54 Å².